The molecule has 2 fully saturated rings. The number of hydrogen-bond acceptors (Lipinski definition) is 1. The lowest BCUT2D eigenvalue weighted by Gasteiger charge is -2.24. The molecular weight excluding hydrogens is 134 g/mol. The maximum absolute atomic E-state index is 5.88. The van der Waals surface area contributed by atoms with Crippen LogP contribution in [0.15, 0.2) is 12.7 Å². The zero-order chi connectivity index (χ0) is 7.90. The Morgan fingerprint density at radius 2 is 2.45 bits per heavy atom. The lowest BCUT2D eigenvalue weighted by Crippen LogP contribution is -2.27. The lowest BCUT2D eigenvalue weighted by atomic mass is 9.84. The van der Waals surface area contributed by atoms with Crippen LogP contribution >= 0.6 is 0 Å². The number of fused-ring (bicyclic) bond motifs is 1. The third-order valence-electron chi connectivity index (χ3n) is 3.51. The van der Waals surface area contributed by atoms with Gasteiger partial charge in [-0.25, -0.2) is 0 Å². The van der Waals surface area contributed by atoms with Crippen molar-refractivity contribution in [3.05, 3.63) is 12.7 Å². The van der Waals surface area contributed by atoms with Crippen molar-refractivity contribution in [2.45, 2.75) is 38.1 Å². The minimum absolute atomic E-state index is 0.500. The molecule has 0 aromatic carbocycles. The third kappa shape index (κ3) is 1.12. The van der Waals surface area contributed by atoms with Gasteiger partial charge in [0.05, 0.1) is 0 Å². The summed E-state index contributed by atoms with van der Waals surface area (Å²) in [5, 5.41) is 0. The van der Waals surface area contributed by atoms with E-state index in [0.717, 1.165) is 5.92 Å². The molecule has 2 rings (SSSR count). The average Bonchev–Trinajstić information content (AvgIpc) is 2.63. The van der Waals surface area contributed by atoms with Crippen molar-refractivity contribution in [3.63, 3.8) is 0 Å². The zero-order valence-electron chi connectivity index (χ0n) is 7.05. The van der Waals surface area contributed by atoms with E-state index < -0.39 is 0 Å². The molecule has 0 aromatic rings. The minimum atomic E-state index is 0.500. The van der Waals surface area contributed by atoms with E-state index in [-0.39, 0.29) is 0 Å². The van der Waals surface area contributed by atoms with Gasteiger partial charge in [0.25, 0.3) is 0 Å². The molecule has 1 heteroatoms. The number of nitrogens with two attached hydrogens (primary N) is 1. The van der Waals surface area contributed by atoms with Gasteiger partial charge in [-0.1, -0.05) is 6.08 Å². The minimum Gasteiger partial charge on any atom is -0.328 e. The Bertz CT molecular complexity index is 176. The summed E-state index contributed by atoms with van der Waals surface area (Å²) in [6.45, 7) is 3.81. The van der Waals surface area contributed by atoms with Crippen molar-refractivity contribution < 1.29 is 0 Å². The van der Waals surface area contributed by atoms with Gasteiger partial charge in [0, 0.05) is 6.04 Å². The molecule has 1 unspecified atom stereocenters. The number of allylic oxidation sites excluding steroid dienone is 1. The molecule has 2 saturated carbocycles. The van der Waals surface area contributed by atoms with Gasteiger partial charge in [-0.05, 0) is 43.4 Å². The third-order valence-corrected chi connectivity index (χ3v) is 3.51. The highest BCUT2D eigenvalue weighted by atomic mass is 14.7. The van der Waals surface area contributed by atoms with Crippen molar-refractivity contribution in [2.24, 2.45) is 17.1 Å². The molecule has 0 spiro atoms. The quantitative estimate of drug-likeness (QED) is 0.601. The van der Waals surface area contributed by atoms with Gasteiger partial charge in [0.1, 0.15) is 0 Å². The molecule has 0 aliphatic heterocycles. The van der Waals surface area contributed by atoms with E-state index in [9.17, 15) is 0 Å². The summed E-state index contributed by atoms with van der Waals surface area (Å²) in [5.74, 6) is 0.948. The van der Waals surface area contributed by atoms with Gasteiger partial charge in [-0.2, -0.15) is 0 Å². The van der Waals surface area contributed by atoms with Crippen LogP contribution in [0.3, 0.4) is 0 Å². The van der Waals surface area contributed by atoms with E-state index in [4.69, 9.17) is 5.73 Å². The van der Waals surface area contributed by atoms with Crippen LogP contribution in [0, 0.1) is 11.3 Å². The van der Waals surface area contributed by atoms with Crippen LogP contribution in [0.4, 0.5) is 0 Å². The summed E-state index contributed by atoms with van der Waals surface area (Å²) in [6.07, 6.45) is 8.59. The normalized spacial score (nSPS) is 48.1. The van der Waals surface area contributed by atoms with E-state index in [1.165, 1.54) is 32.1 Å². The molecular formula is C10H17N. The van der Waals surface area contributed by atoms with E-state index in [0.29, 0.717) is 11.5 Å². The monoisotopic (exact) mass is 151 g/mol. The van der Waals surface area contributed by atoms with Crippen LogP contribution in [0.2, 0.25) is 0 Å². The van der Waals surface area contributed by atoms with Crippen LogP contribution in [-0.2, 0) is 0 Å². The highest BCUT2D eigenvalue weighted by Crippen LogP contribution is 2.63. The van der Waals surface area contributed by atoms with Crippen LogP contribution in [0.25, 0.3) is 0 Å². The zero-order valence-corrected chi connectivity index (χ0v) is 7.05. The topological polar surface area (TPSA) is 26.0 Å². The fourth-order valence-electron chi connectivity index (χ4n) is 2.67. The van der Waals surface area contributed by atoms with Crippen molar-refractivity contribution in [3.8, 4) is 0 Å². The maximum atomic E-state index is 5.88. The molecule has 62 valence electrons. The first-order chi connectivity index (χ1) is 5.27. The SMILES string of the molecule is C=CCC12CC[C@@H](N)C[C@H]1C2. The van der Waals surface area contributed by atoms with Crippen molar-refractivity contribution >= 4 is 0 Å². The predicted octanol–water partition coefficient (Wildman–Crippen LogP) is 2.08. The van der Waals surface area contributed by atoms with Crippen LogP contribution < -0.4 is 5.73 Å². The molecule has 11 heavy (non-hydrogen) atoms. The second kappa shape index (κ2) is 2.34. The Morgan fingerprint density at radius 3 is 3.09 bits per heavy atom. The molecule has 1 nitrogen and oxygen atoms in total. The Kier molecular flexibility index (Phi) is 1.57. The second-order valence-corrected chi connectivity index (χ2v) is 4.29. The Hall–Kier alpha value is -0.300. The highest BCUT2D eigenvalue weighted by Gasteiger charge is 2.54. The molecule has 0 bridgehead atoms. The summed E-state index contributed by atoms with van der Waals surface area (Å²) in [5.41, 5.74) is 6.56. The summed E-state index contributed by atoms with van der Waals surface area (Å²) < 4.78 is 0. The molecule has 3 atom stereocenters. The van der Waals surface area contributed by atoms with E-state index in [1.807, 2.05) is 0 Å². The highest BCUT2D eigenvalue weighted by molar-refractivity contribution is 5.08. The van der Waals surface area contributed by atoms with Crippen molar-refractivity contribution in [2.75, 3.05) is 0 Å². The van der Waals surface area contributed by atoms with Crippen LogP contribution in [0.5, 0.6) is 0 Å². The summed E-state index contributed by atoms with van der Waals surface area (Å²) in [4.78, 5) is 0. The van der Waals surface area contributed by atoms with Crippen molar-refractivity contribution in [1.82, 2.24) is 0 Å². The second-order valence-electron chi connectivity index (χ2n) is 4.29. The summed E-state index contributed by atoms with van der Waals surface area (Å²) >= 11 is 0. The Morgan fingerprint density at radius 1 is 1.64 bits per heavy atom. The van der Waals surface area contributed by atoms with E-state index >= 15 is 0 Å². The summed E-state index contributed by atoms with van der Waals surface area (Å²) in [7, 11) is 0. The van der Waals surface area contributed by atoms with Crippen LogP contribution in [-0.4, -0.2) is 6.04 Å². The van der Waals surface area contributed by atoms with Gasteiger partial charge in [-0.3, -0.25) is 0 Å². The molecule has 0 heterocycles. The predicted molar refractivity (Wildman–Crippen MR) is 47.2 cm³/mol. The first-order valence-corrected chi connectivity index (χ1v) is 4.63. The van der Waals surface area contributed by atoms with Gasteiger partial charge >= 0.3 is 0 Å². The van der Waals surface area contributed by atoms with Gasteiger partial charge in [-0.15, -0.1) is 6.58 Å². The standard InChI is InChI=1S/C10H17N/c1-2-4-10-5-3-9(11)6-8(10)7-10/h2,8-9H,1,3-7,11H2/t8-,9+,10?/m0/s1. The van der Waals surface area contributed by atoms with Gasteiger partial charge < -0.3 is 5.73 Å². The number of hydrogen-bond donors (Lipinski definition) is 1. The summed E-state index contributed by atoms with van der Waals surface area (Å²) in [6, 6.07) is 0.500. The lowest BCUT2D eigenvalue weighted by molar-refractivity contribution is 0.311. The Labute approximate surface area is 68.7 Å². The van der Waals surface area contributed by atoms with Gasteiger partial charge in [0.2, 0.25) is 0 Å². The van der Waals surface area contributed by atoms with Crippen molar-refractivity contribution in [1.29, 1.82) is 0 Å². The molecule has 0 amide bonds. The smallest absolute Gasteiger partial charge is 0.00418 e. The maximum Gasteiger partial charge on any atom is 0.00418 e. The molecule has 2 aliphatic rings. The largest absolute Gasteiger partial charge is 0.328 e. The fourth-order valence-corrected chi connectivity index (χ4v) is 2.67. The number of rotatable bonds is 2. The molecule has 0 saturated heterocycles. The molecule has 0 aromatic heterocycles. The van der Waals surface area contributed by atoms with Gasteiger partial charge in [0.15, 0.2) is 0 Å². The van der Waals surface area contributed by atoms with E-state index in [2.05, 4.69) is 12.7 Å². The first-order valence-electron chi connectivity index (χ1n) is 4.63. The fraction of sp³-hybridized carbons (Fsp3) is 0.800. The first kappa shape index (κ1) is 7.35. The molecule has 0 radical (unpaired) electrons. The average molecular weight is 151 g/mol. The van der Waals surface area contributed by atoms with Crippen LogP contribution in [0.1, 0.15) is 32.1 Å². The molecule has 2 N–H and O–H groups in total. The van der Waals surface area contributed by atoms with E-state index in [1.54, 1.807) is 0 Å². The molecule has 2 aliphatic carbocycles. The Balaban J connectivity index is 1.96.